The predicted octanol–water partition coefficient (Wildman–Crippen LogP) is 1.10. The molecule has 2 atom stereocenters. The third-order valence-electron chi connectivity index (χ3n) is 2.60. The fourth-order valence-electron chi connectivity index (χ4n) is 1.49. The van der Waals surface area contributed by atoms with Gasteiger partial charge in [0.05, 0.1) is 13.2 Å². The summed E-state index contributed by atoms with van der Waals surface area (Å²) < 4.78 is 10.1. The minimum atomic E-state index is -0.252. The molecule has 4 nitrogen and oxygen atoms in total. The Bertz CT molecular complexity index is 374. The number of hydrogen-bond acceptors (Lipinski definition) is 3. The molecule has 1 aliphatic heterocycles. The van der Waals surface area contributed by atoms with Crippen LogP contribution in [0.15, 0.2) is 24.3 Å². The Balaban J connectivity index is 1.82. The Labute approximate surface area is 94.6 Å². The summed E-state index contributed by atoms with van der Waals surface area (Å²) in [7, 11) is 1.63. The minimum absolute atomic E-state index is 0.0386. The molecule has 0 spiro atoms. The van der Waals surface area contributed by atoms with Gasteiger partial charge in [-0.15, -0.1) is 0 Å². The Kier molecular flexibility index (Phi) is 3.10. The van der Waals surface area contributed by atoms with Gasteiger partial charge < -0.3 is 14.8 Å². The first-order valence-electron chi connectivity index (χ1n) is 5.27. The second kappa shape index (κ2) is 4.53. The number of nitrogens with one attached hydrogen (secondary N) is 1. The second-order valence-corrected chi connectivity index (χ2v) is 3.83. The molecule has 0 bridgehead atoms. The fraction of sp³-hybridized carbons (Fsp3) is 0.417. The average Bonchev–Trinajstić information content (AvgIpc) is 3.04. The van der Waals surface area contributed by atoms with Crippen LogP contribution in [0.25, 0.3) is 0 Å². The van der Waals surface area contributed by atoms with Gasteiger partial charge in [-0.3, -0.25) is 4.79 Å². The van der Waals surface area contributed by atoms with E-state index in [-0.39, 0.29) is 18.1 Å². The topological polar surface area (TPSA) is 50.9 Å². The van der Waals surface area contributed by atoms with E-state index in [0.717, 1.165) is 11.3 Å². The molecule has 0 radical (unpaired) electrons. The molecular formula is C12H15NO3. The predicted molar refractivity (Wildman–Crippen MR) is 59.2 cm³/mol. The fourth-order valence-corrected chi connectivity index (χ4v) is 1.49. The maximum Gasteiger partial charge on any atom is 0.252 e. The summed E-state index contributed by atoms with van der Waals surface area (Å²) in [5, 5.41) is 2.82. The molecule has 1 aliphatic rings. The van der Waals surface area contributed by atoms with Crippen LogP contribution >= 0.6 is 0 Å². The average molecular weight is 221 g/mol. The van der Waals surface area contributed by atoms with Gasteiger partial charge in [0.25, 0.3) is 5.91 Å². The molecule has 86 valence electrons. The SMILES string of the molecule is COc1ccc(CNC(=O)[C@@H]2O[C@@H]2C)cc1. The van der Waals surface area contributed by atoms with Gasteiger partial charge in [0.1, 0.15) is 5.75 Å². The van der Waals surface area contributed by atoms with Crippen LogP contribution in [0.3, 0.4) is 0 Å². The quantitative estimate of drug-likeness (QED) is 0.774. The molecule has 16 heavy (non-hydrogen) atoms. The molecule has 1 fully saturated rings. The Morgan fingerprint density at radius 3 is 2.56 bits per heavy atom. The van der Waals surface area contributed by atoms with Crippen LogP contribution in [0.2, 0.25) is 0 Å². The first kappa shape index (κ1) is 11.0. The maximum absolute atomic E-state index is 11.5. The van der Waals surface area contributed by atoms with Crippen LogP contribution in [-0.2, 0) is 16.1 Å². The minimum Gasteiger partial charge on any atom is -0.497 e. The lowest BCUT2D eigenvalue weighted by molar-refractivity contribution is -0.122. The molecule has 4 heteroatoms. The molecule has 0 aliphatic carbocycles. The van der Waals surface area contributed by atoms with Gasteiger partial charge >= 0.3 is 0 Å². The van der Waals surface area contributed by atoms with E-state index in [0.29, 0.717) is 6.54 Å². The van der Waals surface area contributed by atoms with Gasteiger partial charge in [0.2, 0.25) is 0 Å². The van der Waals surface area contributed by atoms with Crippen LogP contribution in [0.1, 0.15) is 12.5 Å². The third-order valence-corrected chi connectivity index (χ3v) is 2.60. The smallest absolute Gasteiger partial charge is 0.252 e. The van der Waals surface area contributed by atoms with Gasteiger partial charge in [0, 0.05) is 6.54 Å². The number of ether oxygens (including phenoxy) is 2. The summed E-state index contributed by atoms with van der Waals surface area (Å²) in [5.41, 5.74) is 1.04. The van der Waals surface area contributed by atoms with E-state index in [9.17, 15) is 4.79 Å². The zero-order chi connectivity index (χ0) is 11.5. The highest BCUT2D eigenvalue weighted by Gasteiger charge is 2.40. The van der Waals surface area contributed by atoms with Crippen LogP contribution in [0.5, 0.6) is 5.75 Å². The maximum atomic E-state index is 11.5. The number of benzene rings is 1. The highest BCUT2D eigenvalue weighted by molar-refractivity contribution is 5.83. The number of amides is 1. The molecule has 1 N–H and O–H groups in total. The number of methoxy groups -OCH3 is 1. The number of epoxide rings is 1. The summed E-state index contributed by atoms with van der Waals surface area (Å²) in [6.45, 7) is 2.41. The molecule has 0 unspecified atom stereocenters. The lowest BCUT2D eigenvalue weighted by Crippen LogP contribution is -2.28. The highest BCUT2D eigenvalue weighted by Crippen LogP contribution is 2.20. The van der Waals surface area contributed by atoms with E-state index in [1.807, 2.05) is 31.2 Å². The van der Waals surface area contributed by atoms with E-state index in [4.69, 9.17) is 9.47 Å². The van der Waals surface area contributed by atoms with Crippen molar-refractivity contribution in [1.82, 2.24) is 5.32 Å². The van der Waals surface area contributed by atoms with Crippen molar-refractivity contribution in [3.8, 4) is 5.75 Å². The standard InChI is InChI=1S/C12H15NO3/c1-8-11(16-8)12(14)13-7-9-3-5-10(15-2)6-4-9/h3-6,8,11H,7H2,1-2H3,(H,13,14)/t8-,11-/m1/s1. The van der Waals surface area contributed by atoms with Crippen molar-refractivity contribution < 1.29 is 14.3 Å². The van der Waals surface area contributed by atoms with Crippen molar-refractivity contribution in [2.45, 2.75) is 25.7 Å². The molecule has 1 saturated heterocycles. The largest absolute Gasteiger partial charge is 0.497 e. The van der Waals surface area contributed by atoms with Gasteiger partial charge in [-0.1, -0.05) is 12.1 Å². The molecule has 0 saturated carbocycles. The van der Waals surface area contributed by atoms with Crippen molar-refractivity contribution >= 4 is 5.91 Å². The van der Waals surface area contributed by atoms with E-state index in [1.165, 1.54) is 0 Å². The van der Waals surface area contributed by atoms with Crippen LogP contribution in [0, 0.1) is 0 Å². The normalized spacial score (nSPS) is 22.6. The summed E-state index contributed by atoms with van der Waals surface area (Å²) in [5.74, 6) is 0.776. The number of rotatable bonds is 4. The summed E-state index contributed by atoms with van der Waals surface area (Å²) in [6, 6.07) is 7.60. The molecule has 1 heterocycles. The van der Waals surface area contributed by atoms with Crippen molar-refractivity contribution in [1.29, 1.82) is 0 Å². The Morgan fingerprint density at radius 2 is 2.06 bits per heavy atom. The van der Waals surface area contributed by atoms with Crippen molar-refractivity contribution in [2.24, 2.45) is 0 Å². The van der Waals surface area contributed by atoms with Crippen LogP contribution in [-0.4, -0.2) is 25.2 Å². The molecule has 0 aromatic heterocycles. The lowest BCUT2D eigenvalue weighted by Gasteiger charge is -2.04. The van der Waals surface area contributed by atoms with Gasteiger partial charge in [-0.2, -0.15) is 0 Å². The third kappa shape index (κ3) is 2.52. The number of carbonyl (C=O) groups is 1. The molecular weight excluding hydrogens is 206 g/mol. The molecule has 2 rings (SSSR count). The second-order valence-electron chi connectivity index (χ2n) is 3.83. The molecule has 1 amide bonds. The first-order chi connectivity index (χ1) is 7.70. The summed E-state index contributed by atoms with van der Waals surface area (Å²) in [4.78, 5) is 11.5. The number of carbonyl (C=O) groups excluding carboxylic acids is 1. The van der Waals surface area contributed by atoms with Crippen LogP contribution in [0.4, 0.5) is 0 Å². The van der Waals surface area contributed by atoms with E-state index in [2.05, 4.69) is 5.32 Å². The Morgan fingerprint density at radius 1 is 1.44 bits per heavy atom. The van der Waals surface area contributed by atoms with Crippen LogP contribution < -0.4 is 10.1 Å². The highest BCUT2D eigenvalue weighted by atomic mass is 16.6. The van der Waals surface area contributed by atoms with Crippen molar-refractivity contribution in [3.05, 3.63) is 29.8 Å². The van der Waals surface area contributed by atoms with Crippen molar-refractivity contribution in [3.63, 3.8) is 0 Å². The van der Waals surface area contributed by atoms with Crippen molar-refractivity contribution in [2.75, 3.05) is 7.11 Å². The van der Waals surface area contributed by atoms with E-state index in [1.54, 1.807) is 7.11 Å². The van der Waals surface area contributed by atoms with E-state index >= 15 is 0 Å². The zero-order valence-corrected chi connectivity index (χ0v) is 9.40. The van der Waals surface area contributed by atoms with Gasteiger partial charge in [-0.05, 0) is 24.6 Å². The zero-order valence-electron chi connectivity index (χ0n) is 9.40. The Hall–Kier alpha value is -1.55. The lowest BCUT2D eigenvalue weighted by atomic mass is 10.2. The number of hydrogen-bond donors (Lipinski definition) is 1. The van der Waals surface area contributed by atoms with E-state index < -0.39 is 0 Å². The first-order valence-corrected chi connectivity index (χ1v) is 5.27. The molecule has 1 aromatic carbocycles. The monoisotopic (exact) mass is 221 g/mol. The molecule has 1 aromatic rings. The summed E-state index contributed by atoms with van der Waals surface area (Å²) in [6.07, 6.45) is -0.186. The van der Waals surface area contributed by atoms with Gasteiger partial charge in [-0.25, -0.2) is 0 Å². The summed E-state index contributed by atoms with van der Waals surface area (Å²) >= 11 is 0. The van der Waals surface area contributed by atoms with Gasteiger partial charge in [0.15, 0.2) is 6.10 Å².